The first-order valence-electron chi connectivity index (χ1n) is 5.36. The molecule has 100 valence electrons. The van der Waals surface area contributed by atoms with Gasteiger partial charge in [-0.15, -0.1) is 0 Å². The topological polar surface area (TPSA) is 93.5 Å². The fourth-order valence-electron chi connectivity index (χ4n) is 1.97. The van der Waals surface area contributed by atoms with Gasteiger partial charge in [-0.1, -0.05) is 0 Å². The zero-order chi connectivity index (χ0) is 13.5. The van der Waals surface area contributed by atoms with E-state index in [1.165, 1.54) is 23.8 Å². The summed E-state index contributed by atoms with van der Waals surface area (Å²) in [4.78, 5) is 3.82. The van der Waals surface area contributed by atoms with Crippen molar-refractivity contribution in [1.82, 2.24) is 9.55 Å². The van der Waals surface area contributed by atoms with Crippen molar-refractivity contribution >= 4 is 18.0 Å². The number of hydrogen-bond donors (Lipinski definition) is 3. The number of nitrogen functional groups attached to an aromatic ring is 1. The first-order valence-corrected chi connectivity index (χ1v) is 5.76. The molecule has 0 aromatic carbocycles. The molecule has 2 rings (SSSR count). The summed E-state index contributed by atoms with van der Waals surface area (Å²) in [5.74, 6) is 0.217. The zero-order valence-electron chi connectivity index (χ0n) is 9.65. The summed E-state index contributed by atoms with van der Waals surface area (Å²) in [6.45, 7) is 0.711. The molecule has 1 aliphatic heterocycles. The monoisotopic (exact) mass is 275 g/mol. The summed E-state index contributed by atoms with van der Waals surface area (Å²) in [6.07, 6.45) is -2.14. The second kappa shape index (κ2) is 4.54. The predicted molar refractivity (Wildman–Crippen MR) is 64.0 cm³/mol. The molecule has 0 bridgehead atoms. The van der Waals surface area contributed by atoms with Crippen LogP contribution in [0.25, 0.3) is 0 Å². The van der Waals surface area contributed by atoms with E-state index in [0.29, 0.717) is 0 Å². The third-order valence-electron chi connectivity index (χ3n) is 3.00. The van der Waals surface area contributed by atoms with Crippen molar-refractivity contribution in [3.63, 3.8) is 0 Å². The summed E-state index contributed by atoms with van der Waals surface area (Å²) in [5.41, 5.74) is 3.38. The molecule has 3 unspecified atom stereocenters. The zero-order valence-corrected chi connectivity index (χ0v) is 10.5. The Hall–Kier alpha value is -1.09. The van der Waals surface area contributed by atoms with Crippen molar-refractivity contribution < 1.29 is 19.3 Å². The minimum Gasteiger partial charge on any atom is -0.394 e. The fraction of sp³-hybridized carbons (Fsp3) is 0.600. The normalized spacial score (nSPS) is 35.9. The van der Waals surface area contributed by atoms with E-state index in [2.05, 4.69) is 4.98 Å². The first-order chi connectivity index (χ1) is 8.37. The van der Waals surface area contributed by atoms with E-state index in [4.69, 9.17) is 27.8 Å². The van der Waals surface area contributed by atoms with Crippen LogP contribution < -0.4 is 5.73 Å². The van der Waals surface area contributed by atoms with Gasteiger partial charge in [0.2, 0.25) is 4.77 Å². The molecular weight excluding hydrogens is 261 g/mol. The molecule has 0 spiro atoms. The molecule has 0 radical (unpaired) electrons. The minimum absolute atomic E-state index is 0.0506. The summed E-state index contributed by atoms with van der Waals surface area (Å²) in [6, 6.07) is 1.45. The van der Waals surface area contributed by atoms with Crippen molar-refractivity contribution in [2.75, 3.05) is 12.3 Å². The molecule has 1 saturated heterocycles. The third-order valence-corrected chi connectivity index (χ3v) is 3.30. The van der Waals surface area contributed by atoms with Gasteiger partial charge in [0.1, 0.15) is 18.0 Å². The predicted octanol–water partition coefficient (Wildman–Crippen LogP) is 0.174. The van der Waals surface area contributed by atoms with Gasteiger partial charge in [0, 0.05) is 6.20 Å². The number of aliphatic hydroxyl groups is 2. The SMILES string of the molecule is CC1(F)C(n2ccc(N)nc2=S)OC(CO)[C@@H]1O. The molecule has 1 aromatic heterocycles. The molecule has 0 aliphatic carbocycles. The second-order valence-electron chi connectivity index (χ2n) is 4.35. The number of aromatic nitrogens is 2. The second-order valence-corrected chi connectivity index (χ2v) is 4.71. The highest BCUT2D eigenvalue weighted by Gasteiger charge is 2.54. The van der Waals surface area contributed by atoms with E-state index in [9.17, 15) is 9.50 Å². The summed E-state index contributed by atoms with van der Waals surface area (Å²) >= 11 is 4.97. The van der Waals surface area contributed by atoms with Crippen LogP contribution in [-0.4, -0.2) is 44.2 Å². The van der Waals surface area contributed by atoms with Crippen LogP contribution in [0.5, 0.6) is 0 Å². The lowest BCUT2D eigenvalue weighted by atomic mass is 9.99. The van der Waals surface area contributed by atoms with Gasteiger partial charge in [-0.2, -0.15) is 0 Å². The number of nitrogens with two attached hydrogens (primary N) is 1. The van der Waals surface area contributed by atoms with Crippen LogP contribution in [0, 0.1) is 4.77 Å². The number of rotatable bonds is 2. The lowest BCUT2D eigenvalue weighted by molar-refractivity contribution is -0.0600. The summed E-state index contributed by atoms with van der Waals surface area (Å²) in [5, 5.41) is 18.8. The Morgan fingerprint density at radius 3 is 2.89 bits per heavy atom. The van der Waals surface area contributed by atoms with Gasteiger partial charge in [-0.3, -0.25) is 4.57 Å². The molecule has 6 nitrogen and oxygen atoms in total. The summed E-state index contributed by atoms with van der Waals surface area (Å²) < 4.78 is 21.1. The Morgan fingerprint density at radius 1 is 1.72 bits per heavy atom. The van der Waals surface area contributed by atoms with Gasteiger partial charge in [0.25, 0.3) is 0 Å². The van der Waals surface area contributed by atoms with Crippen molar-refractivity contribution in [2.24, 2.45) is 0 Å². The lowest BCUT2D eigenvalue weighted by Crippen LogP contribution is -2.40. The third kappa shape index (κ3) is 2.01. The molecule has 2 heterocycles. The molecular formula is C10H14FN3O3S. The maximum absolute atomic E-state index is 14.5. The van der Waals surface area contributed by atoms with E-state index >= 15 is 0 Å². The Kier molecular flexibility index (Phi) is 3.37. The van der Waals surface area contributed by atoms with Crippen molar-refractivity contribution in [3.05, 3.63) is 17.0 Å². The molecule has 4 N–H and O–H groups in total. The smallest absolute Gasteiger partial charge is 0.203 e. The van der Waals surface area contributed by atoms with Crippen LogP contribution in [-0.2, 0) is 4.74 Å². The highest BCUT2D eigenvalue weighted by molar-refractivity contribution is 7.71. The molecule has 0 saturated carbocycles. The Bertz CT molecular complexity index is 507. The largest absolute Gasteiger partial charge is 0.394 e. The van der Waals surface area contributed by atoms with Crippen LogP contribution in [0.3, 0.4) is 0 Å². The molecule has 1 aromatic rings. The van der Waals surface area contributed by atoms with Crippen LogP contribution in [0.2, 0.25) is 0 Å². The first kappa shape index (κ1) is 13.3. The van der Waals surface area contributed by atoms with Crippen molar-refractivity contribution in [3.8, 4) is 0 Å². The number of hydrogen-bond acceptors (Lipinski definition) is 6. The van der Waals surface area contributed by atoms with Crippen LogP contribution >= 0.6 is 12.2 Å². The lowest BCUT2D eigenvalue weighted by Gasteiger charge is -2.25. The Morgan fingerprint density at radius 2 is 2.39 bits per heavy atom. The highest BCUT2D eigenvalue weighted by Crippen LogP contribution is 2.41. The van der Waals surface area contributed by atoms with E-state index in [0.717, 1.165) is 0 Å². The maximum atomic E-state index is 14.5. The molecule has 18 heavy (non-hydrogen) atoms. The number of ether oxygens (including phenoxy) is 1. The van der Waals surface area contributed by atoms with Gasteiger partial charge < -0.3 is 20.7 Å². The minimum atomic E-state index is -2.08. The van der Waals surface area contributed by atoms with Gasteiger partial charge in [-0.25, -0.2) is 9.37 Å². The Labute approximate surface area is 108 Å². The number of alkyl halides is 1. The average Bonchev–Trinajstić information content (AvgIpc) is 2.52. The van der Waals surface area contributed by atoms with Crippen molar-refractivity contribution in [1.29, 1.82) is 0 Å². The number of nitrogens with zero attached hydrogens (tertiary/aromatic N) is 2. The molecule has 4 atom stereocenters. The summed E-state index contributed by atoms with van der Waals surface area (Å²) in [7, 11) is 0. The van der Waals surface area contributed by atoms with Gasteiger partial charge in [-0.05, 0) is 25.2 Å². The van der Waals surface area contributed by atoms with Gasteiger partial charge >= 0.3 is 0 Å². The van der Waals surface area contributed by atoms with Gasteiger partial charge in [0.15, 0.2) is 11.9 Å². The number of halogens is 1. The molecule has 8 heteroatoms. The maximum Gasteiger partial charge on any atom is 0.203 e. The van der Waals surface area contributed by atoms with Crippen LogP contribution in [0.15, 0.2) is 12.3 Å². The molecule has 0 amide bonds. The quantitative estimate of drug-likeness (QED) is 0.666. The number of aliphatic hydroxyl groups excluding tert-OH is 2. The molecule has 1 fully saturated rings. The van der Waals surface area contributed by atoms with E-state index in [1.54, 1.807) is 0 Å². The van der Waals surface area contributed by atoms with E-state index < -0.39 is 30.7 Å². The van der Waals surface area contributed by atoms with Gasteiger partial charge in [0.05, 0.1) is 6.61 Å². The van der Waals surface area contributed by atoms with E-state index in [-0.39, 0.29) is 10.6 Å². The average molecular weight is 275 g/mol. The Balaban J connectivity index is 2.42. The van der Waals surface area contributed by atoms with Crippen LogP contribution in [0.4, 0.5) is 10.2 Å². The highest BCUT2D eigenvalue weighted by atomic mass is 32.1. The molecule has 1 aliphatic rings. The van der Waals surface area contributed by atoms with Crippen LogP contribution in [0.1, 0.15) is 13.2 Å². The number of anilines is 1. The standard InChI is InChI=1S/C10H14FN3O3S/c1-10(11)7(16)5(4-15)17-8(10)14-3-2-6(12)13-9(14)18/h2-3,5,7-8,15-16H,4H2,1H3,(H2,12,13,18)/t5?,7-,8?,10?/m0/s1. The van der Waals surface area contributed by atoms with E-state index in [1.807, 2.05) is 0 Å². The fourth-order valence-corrected chi connectivity index (χ4v) is 2.23. The van der Waals surface area contributed by atoms with Crippen molar-refractivity contribution in [2.45, 2.75) is 31.0 Å².